The van der Waals surface area contributed by atoms with E-state index in [1.54, 1.807) is 0 Å². The minimum Gasteiger partial charge on any atom is -0.0622 e. The molecule has 0 spiro atoms. The first-order valence-electron chi connectivity index (χ1n) is 10.3. The van der Waals surface area contributed by atoms with Crippen molar-refractivity contribution in [3.05, 3.63) is 144 Å². The first-order valence-corrected chi connectivity index (χ1v) is 10.3. The van der Waals surface area contributed by atoms with E-state index < -0.39 is 0 Å². The molecule has 0 saturated carbocycles. The SMILES string of the molecule is C(=C(\CCC(c1ccccc1)c1ccccc1)c1ccccc1)/c1ccccc1. The second-order valence-electron chi connectivity index (χ2n) is 7.36. The van der Waals surface area contributed by atoms with Crippen LogP contribution in [-0.2, 0) is 0 Å². The predicted octanol–water partition coefficient (Wildman–Crippen LogP) is 7.84. The van der Waals surface area contributed by atoms with Crippen LogP contribution in [0.25, 0.3) is 11.6 Å². The zero-order valence-corrected chi connectivity index (χ0v) is 16.6. The smallest absolute Gasteiger partial charge is 0.00925 e. The van der Waals surface area contributed by atoms with Gasteiger partial charge in [0.15, 0.2) is 0 Å². The highest BCUT2D eigenvalue weighted by molar-refractivity contribution is 5.81. The molecule has 0 heteroatoms. The van der Waals surface area contributed by atoms with Gasteiger partial charge in [-0.15, -0.1) is 0 Å². The topological polar surface area (TPSA) is 0 Å². The molecule has 0 heterocycles. The molecule has 29 heavy (non-hydrogen) atoms. The summed E-state index contributed by atoms with van der Waals surface area (Å²) in [4.78, 5) is 0. The lowest BCUT2D eigenvalue weighted by Crippen LogP contribution is -2.02. The molecular weight excluding hydrogens is 348 g/mol. The Hall–Kier alpha value is -3.38. The Bertz CT molecular complexity index is 977. The summed E-state index contributed by atoms with van der Waals surface area (Å²) in [5.41, 5.74) is 6.70. The molecule has 0 aliphatic heterocycles. The minimum absolute atomic E-state index is 0.389. The maximum Gasteiger partial charge on any atom is 0.00925 e. The fraction of sp³-hybridized carbons (Fsp3) is 0.103. The summed E-state index contributed by atoms with van der Waals surface area (Å²) in [7, 11) is 0. The zero-order valence-electron chi connectivity index (χ0n) is 16.6. The van der Waals surface area contributed by atoms with Gasteiger partial charge in [0.25, 0.3) is 0 Å². The summed E-state index contributed by atoms with van der Waals surface area (Å²) in [5, 5.41) is 0. The van der Waals surface area contributed by atoms with Crippen molar-refractivity contribution >= 4 is 11.6 Å². The quantitative estimate of drug-likeness (QED) is 0.289. The predicted molar refractivity (Wildman–Crippen MR) is 125 cm³/mol. The van der Waals surface area contributed by atoms with Gasteiger partial charge in [0.1, 0.15) is 0 Å². The van der Waals surface area contributed by atoms with Gasteiger partial charge in [0.05, 0.1) is 0 Å². The summed E-state index contributed by atoms with van der Waals surface area (Å²) < 4.78 is 0. The molecule has 0 bridgehead atoms. The number of hydrogen-bond donors (Lipinski definition) is 0. The Morgan fingerprint density at radius 2 is 1.00 bits per heavy atom. The molecule has 0 radical (unpaired) electrons. The fourth-order valence-corrected chi connectivity index (χ4v) is 3.90. The molecule has 0 N–H and O–H groups in total. The van der Waals surface area contributed by atoms with E-state index in [4.69, 9.17) is 0 Å². The van der Waals surface area contributed by atoms with Gasteiger partial charge in [-0.3, -0.25) is 0 Å². The van der Waals surface area contributed by atoms with Crippen molar-refractivity contribution in [2.75, 3.05) is 0 Å². The van der Waals surface area contributed by atoms with Crippen LogP contribution in [0.2, 0.25) is 0 Å². The molecule has 4 rings (SSSR count). The van der Waals surface area contributed by atoms with Crippen LogP contribution >= 0.6 is 0 Å². The summed E-state index contributed by atoms with van der Waals surface area (Å²) >= 11 is 0. The van der Waals surface area contributed by atoms with Crippen LogP contribution in [-0.4, -0.2) is 0 Å². The van der Waals surface area contributed by atoms with Gasteiger partial charge >= 0.3 is 0 Å². The third-order valence-corrected chi connectivity index (χ3v) is 5.39. The Labute approximate surface area is 174 Å². The van der Waals surface area contributed by atoms with Crippen LogP contribution in [0.3, 0.4) is 0 Å². The highest BCUT2D eigenvalue weighted by Crippen LogP contribution is 2.33. The van der Waals surface area contributed by atoms with Crippen molar-refractivity contribution in [1.82, 2.24) is 0 Å². The van der Waals surface area contributed by atoms with E-state index in [0.29, 0.717) is 5.92 Å². The first kappa shape index (κ1) is 19.0. The molecule has 0 saturated heterocycles. The number of allylic oxidation sites excluding steroid dienone is 1. The van der Waals surface area contributed by atoms with E-state index in [9.17, 15) is 0 Å². The third-order valence-electron chi connectivity index (χ3n) is 5.39. The van der Waals surface area contributed by atoms with E-state index in [0.717, 1.165) is 12.8 Å². The summed E-state index contributed by atoms with van der Waals surface area (Å²) in [6.07, 6.45) is 4.43. The van der Waals surface area contributed by atoms with Crippen molar-refractivity contribution in [3.63, 3.8) is 0 Å². The maximum absolute atomic E-state index is 2.34. The molecule has 0 unspecified atom stereocenters. The molecule has 0 atom stereocenters. The Balaban J connectivity index is 1.65. The number of benzene rings is 4. The number of hydrogen-bond acceptors (Lipinski definition) is 0. The van der Waals surface area contributed by atoms with Crippen LogP contribution < -0.4 is 0 Å². The normalized spacial score (nSPS) is 11.6. The van der Waals surface area contributed by atoms with E-state index in [2.05, 4.69) is 127 Å². The Morgan fingerprint density at radius 3 is 1.52 bits per heavy atom. The van der Waals surface area contributed by atoms with Crippen LogP contribution in [0.4, 0.5) is 0 Å². The van der Waals surface area contributed by atoms with Gasteiger partial charge in [-0.05, 0) is 40.7 Å². The van der Waals surface area contributed by atoms with E-state index >= 15 is 0 Å². The Kier molecular flexibility index (Phi) is 6.34. The van der Waals surface area contributed by atoms with Crippen LogP contribution in [0.5, 0.6) is 0 Å². The second-order valence-corrected chi connectivity index (χ2v) is 7.36. The molecular formula is C29H26. The van der Waals surface area contributed by atoms with E-state index in [1.165, 1.54) is 27.8 Å². The first-order chi connectivity index (χ1) is 14.4. The van der Waals surface area contributed by atoms with Crippen LogP contribution in [0.1, 0.15) is 41.0 Å². The standard InChI is InChI=1S/C29H26/c1-5-13-24(14-6-1)23-28(25-15-7-2-8-16-25)21-22-29(26-17-9-3-10-18-26)27-19-11-4-12-20-27/h1-20,23,29H,21-22H2/b28-23-. The van der Waals surface area contributed by atoms with Crippen molar-refractivity contribution in [1.29, 1.82) is 0 Å². The summed E-state index contributed by atoms with van der Waals surface area (Å²) in [6.45, 7) is 0. The van der Waals surface area contributed by atoms with Crippen molar-refractivity contribution in [3.8, 4) is 0 Å². The van der Waals surface area contributed by atoms with Gasteiger partial charge < -0.3 is 0 Å². The second kappa shape index (κ2) is 9.71. The average molecular weight is 375 g/mol. The van der Waals surface area contributed by atoms with Gasteiger partial charge in [0, 0.05) is 5.92 Å². The van der Waals surface area contributed by atoms with Gasteiger partial charge in [0.2, 0.25) is 0 Å². The van der Waals surface area contributed by atoms with Crippen LogP contribution in [0.15, 0.2) is 121 Å². The minimum atomic E-state index is 0.389. The van der Waals surface area contributed by atoms with Crippen molar-refractivity contribution in [2.45, 2.75) is 18.8 Å². The van der Waals surface area contributed by atoms with Crippen molar-refractivity contribution < 1.29 is 0 Å². The highest BCUT2D eigenvalue weighted by atomic mass is 14.2. The molecule has 4 aromatic rings. The molecule has 0 nitrogen and oxygen atoms in total. The van der Waals surface area contributed by atoms with Gasteiger partial charge in [-0.1, -0.05) is 127 Å². The molecule has 0 aliphatic rings. The lowest BCUT2D eigenvalue weighted by atomic mass is 9.85. The summed E-state index contributed by atoms with van der Waals surface area (Å²) in [6, 6.07) is 43.2. The van der Waals surface area contributed by atoms with Crippen molar-refractivity contribution in [2.24, 2.45) is 0 Å². The van der Waals surface area contributed by atoms with Gasteiger partial charge in [-0.25, -0.2) is 0 Å². The molecule has 0 aliphatic carbocycles. The fourth-order valence-electron chi connectivity index (χ4n) is 3.90. The Morgan fingerprint density at radius 1 is 0.552 bits per heavy atom. The van der Waals surface area contributed by atoms with E-state index in [-0.39, 0.29) is 0 Å². The molecule has 4 aromatic carbocycles. The van der Waals surface area contributed by atoms with Crippen LogP contribution in [0, 0.1) is 0 Å². The van der Waals surface area contributed by atoms with E-state index in [1.807, 2.05) is 0 Å². The lowest BCUT2D eigenvalue weighted by molar-refractivity contribution is 0.736. The molecule has 0 aromatic heterocycles. The molecule has 0 amide bonds. The highest BCUT2D eigenvalue weighted by Gasteiger charge is 2.15. The maximum atomic E-state index is 2.34. The largest absolute Gasteiger partial charge is 0.0622 e. The molecule has 0 fully saturated rings. The lowest BCUT2D eigenvalue weighted by Gasteiger charge is -2.19. The average Bonchev–Trinajstić information content (AvgIpc) is 2.81. The van der Waals surface area contributed by atoms with Gasteiger partial charge in [-0.2, -0.15) is 0 Å². The number of rotatable bonds is 7. The zero-order chi connectivity index (χ0) is 19.7. The monoisotopic (exact) mass is 374 g/mol. The third kappa shape index (κ3) is 5.12. The summed E-state index contributed by atoms with van der Waals surface area (Å²) in [5.74, 6) is 0.389. The molecule has 142 valence electrons.